The van der Waals surface area contributed by atoms with E-state index in [-0.39, 0.29) is 11.6 Å². The van der Waals surface area contributed by atoms with E-state index in [0.29, 0.717) is 11.0 Å². The number of benzene rings is 1. The first kappa shape index (κ1) is 11.5. The van der Waals surface area contributed by atoms with Crippen LogP contribution in [-0.2, 0) is 0 Å². The third-order valence-corrected chi connectivity index (χ3v) is 2.73. The molecule has 7 heteroatoms. The molecule has 0 spiro atoms. The maximum Gasteiger partial charge on any atom is 0.178 e. The van der Waals surface area contributed by atoms with Crippen LogP contribution in [0.2, 0.25) is 0 Å². The van der Waals surface area contributed by atoms with Crippen LogP contribution in [0.5, 0.6) is 0 Å². The second-order valence-electron chi connectivity index (χ2n) is 3.87. The predicted octanol–water partition coefficient (Wildman–Crippen LogP) is 1.98. The van der Waals surface area contributed by atoms with Gasteiger partial charge in [-0.25, -0.2) is 24.6 Å². The van der Waals surface area contributed by atoms with Crippen LogP contribution in [0.25, 0.3) is 16.9 Å². The van der Waals surface area contributed by atoms with Gasteiger partial charge in [0.2, 0.25) is 0 Å². The van der Waals surface area contributed by atoms with Crippen LogP contribution in [0.4, 0.5) is 14.6 Å². The highest BCUT2D eigenvalue weighted by Gasteiger charge is 2.14. The monoisotopic (exact) mass is 261 g/mol. The summed E-state index contributed by atoms with van der Waals surface area (Å²) >= 11 is 0. The molecule has 3 rings (SSSR count). The molecule has 0 amide bonds. The lowest BCUT2D eigenvalue weighted by Crippen LogP contribution is -2.13. The smallest absolute Gasteiger partial charge is 0.178 e. The molecule has 0 saturated heterocycles. The molecule has 96 valence electrons. The zero-order valence-electron chi connectivity index (χ0n) is 9.64. The number of pyridine rings is 1. The van der Waals surface area contributed by atoms with Crippen LogP contribution >= 0.6 is 0 Å². The van der Waals surface area contributed by atoms with Crippen molar-refractivity contribution in [2.24, 2.45) is 5.84 Å². The number of rotatable bonds is 2. The highest BCUT2D eigenvalue weighted by atomic mass is 19.1. The molecule has 0 aliphatic rings. The number of aromatic nitrogens is 3. The number of nitrogens with two attached hydrogens (primary N) is 1. The van der Waals surface area contributed by atoms with Crippen molar-refractivity contribution >= 4 is 16.9 Å². The van der Waals surface area contributed by atoms with Crippen molar-refractivity contribution in [3.63, 3.8) is 0 Å². The lowest BCUT2D eigenvalue weighted by atomic mass is 10.3. The summed E-state index contributed by atoms with van der Waals surface area (Å²) in [6.07, 6.45) is 1.42. The van der Waals surface area contributed by atoms with Crippen LogP contribution in [0, 0.1) is 11.6 Å². The fourth-order valence-electron chi connectivity index (χ4n) is 1.85. The van der Waals surface area contributed by atoms with E-state index in [2.05, 4.69) is 15.4 Å². The lowest BCUT2D eigenvalue weighted by Gasteiger charge is -2.08. The van der Waals surface area contributed by atoms with Crippen LogP contribution in [0.15, 0.2) is 36.7 Å². The molecule has 0 aliphatic carbocycles. The first-order valence-corrected chi connectivity index (χ1v) is 5.46. The SMILES string of the molecule is NNc1nc(-n2cnc3ccccc32)c(F)cc1F. The number of imidazole rings is 1. The van der Waals surface area contributed by atoms with E-state index in [4.69, 9.17) is 5.84 Å². The van der Waals surface area contributed by atoms with Crippen molar-refractivity contribution in [3.05, 3.63) is 48.3 Å². The Morgan fingerprint density at radius 2 is 1.95 bits per heavy atom. The molecular formula is C12H9F2N5. The van der Waals surface area contributed by atoms with Crippen molar-refractivity contribution in [1.29, 1.82) is 0 Å². The number of hydrogen-bond donors (Lipinski definition) is 2. The van der Waals surface area contributed by atoms with E-state index < -0.39 is 11.6 Å². The van der Waals surface area contributed by atoms with Gasteiger partial charge in [0.05, 0.1) is 11.0 Å². The van der Waals surface area contributed by atoms with Gasteiger partial charge in [-0.2, -0.15) is 0 Å². The first-order valence-electron chi connectivity index (χ1n) is 5.46. The number of halogens is 2. The molecule has 2 aromatic heterocycles. The summed E-state index contributed by atoms with van der Waals surface area (Å²) in [6, 6.07) is 7.90. The molecular weight excluding hydrogens is 252 g/mol. The topological polar surface area (TPSA) is 68.8 Å². The lowest BCUT2D eigenvalue weighted by molar-refractivity contribution is 0.569. The molecule has 19 heavy (non-hydrogen) atoms. The van der Waals surface area contributed by atoms with Gasteiger partial charge in [0.1, 0.15) is 6.33 Å². The molecule has 0 aliphatic heterocycles. The number of anilines is 1. The molecule has 3 N–H and O–H groups in total. The molecule has 0 fully saturated rings. The Balaban J connectivity index is 2.27. The number of nitrogens with zero attached hydrogens (tertiary/aromatic N) is 3. The second kappa shape index (κ2) is 4.29. The van der Waals surface area contributed by atoms with Gasteiger partial charge >= 0.3 is 0 Å². The first-order chi connectivity index (χ1) is 9.20. The zero-order valence-corrected chi connectivity index (χ0v) is 9.64. The average molecular weight is 261 g/mol. The fourth-order valence-corrected chi connectivity index (χ4v) is 1.85. The van der Waals surface area contributed by atoms with Crippen molar-refractivity contribution in [2.75, 3.05) is 5.43 Å². The van der Waals surface area contributed by atoms with Gasteiger partial charge in [0.25, 0.3) is 0 Å². The summed E-state index contributed by atoms with van der Waals surface area (Å²) in [4.78, 5) is 7.94. The molecule has 0 radical (unpaired) electrons. The number of fused-ring (bicyclic) bond motifs is 1. The van der Waals surface area contributed by atoms with Gasteiger partial charge in [-0.15, -0.1) is 0 Å². The van der Waals surface area contributed by atoms with E-state index in [1.165, 1.54) is 10.9 Å². The van der Waals surface area contributed by atoms with Gasteiger partial charge in [-0.05, 0) is 12.1 Å². The molecule has 5 nitrogen and oxygen atoms in total. The second-order valence-corrected chi connectivity index (χ2v) is 3.87. The summed E-state index contributed by atoms with van der Waals surface area (Å²) in [7, 11) is 0. The Hall–Kier alpha value is -2.54. The highest BCUT2D eigenvalue weighted by Crippen LogP contribution is 2.21. The normalized spacial score (nSPS) is 10.9. The molecule has 0 unspecified atom stereocenters. The van der Waals surface area contributed by atoms with E-state index in [0.717, 1.165) is 6.07 Å². The Kier molecular flexibility index (Phi) is 2.60. The van der Waals surface area contributed by atoms with Gasteiger partial charge < -0.3 is 5.43 Å². The van der Waals surface area contributed by atoms with Gasteiger partial charge in [-0.1, -0.05) is 12.1 Å². The van der Waals surface area contributed by atoms with Crippen LogP contribution in [0.1, 0.15) is 0 Å². The summed E-state index contributed by atoms with van der Waals surface area (Å²) < 4.78 is 28.6. The third-order valence-electron chi connectivity index (χ3n) is 2.73. The quantitative estimate of drug-likeness (QED) is 0.546. The highest BCUT2D eigenvalue weighted by molar-refractivity contribution is 5.76. The Morgan fingerprint density at radius 1 is 1.16 bits per heavy atom. The maximum absolute atomic E-state index is 13.8. The summed E-state index contributed by atoms with van der Waals surface area (Å²) in [5, 5.41) is 0. The summed E-state index contributed by atoms with van der Waals surface area (Å²) in [5.41, 5.74) is 3.45. The number of hydrogen-bond acceptors (Lipinski definition) is 4. The van der Waals surface area contributed by atoms with Crippen LogP contribution in [-0.4, -0.2) is 14.5 Å². The van der Waals surface area contributed by atoms with Crippen LogP contribution < -0.4 is 11.3 Å². The maximum atomic E-state index is 13.8. The summed E-state index contributed by atoms with van der Waals surface area (Å²) in [6.45, 7) is 0. The summed E-state index contributed by atoms with van der Waals surface area (Å²) in [5.74, 6) is 3.20. The molecule has 0 saturated carbocycles. The van der Waals surface area contributed by atoms with Crippen molar-refractivity contribution in [2.45, 2.75) is 0 Å². The molecule has 2 heterocycles. The predicted molar refractivity (Wildman–Crippen MR) is 66.6 cm³/mol. The van der Waals surface area contributed by atoms with Gasteiger partial charge in [0.15, 0.2) is 23.3 Å². The Bertz CT molecular complexity index is 753. The number of para-hydroxylation sites is 2. The van der Waals surface area contributed by atoms with E-state index in [9.17, 15) is 8.78 Å². The number of hydrazine groups is 1. The molecule has 3 aromatic rings. The largest absolute Gasteiger partial charge is 0.306 e. The van der Waals surface area contributed by atoms with Gasteiger partial charge in [0, 0.05) is 6.07 Å². The number of nitrogen functional groups attached to an aromatic ring is 1. The third kappa shape index (κ3) is 1.80. The van der Waals surface area contributed by atoms with E-state index >= 15 is 0 Å². The Labute approximate surface area is 106 Å². The number of nitrogens with one attached hydrogen (secondary N) is 1. The average Bonchev–Trinajstić information content (AvgIpc) is 2.83. The van der Waals surface area contributed by atoms with Crippen molar-refractivity contribution in [3.8, 4) is 5.82 Å². The zero-order chi connectivity index (χ0) is 13.4. The van der Waals surface area contributed by atoms with Gasteiger partial charge in [-0.3, -0.25) is 4.57 Å². The minimum Gasteiger partial charge on any atom is -0.306 e. The van der Waals surface area contributed by atoms with E-state index in [1.807, 2.05) is 6.07 Å². The molecule has 1 aromatic carbocycles. The van der Waals surface area contributed by atoms with Crippen molar-refractivity contribution < 1.29 is 8.78 Å². The van der Waals surface area contributed by atoms with Crippen LogP contribution in [0.3, 0.4) is 0 Å². The minimum atomic E-state index is -0.854. The Morgan fingerprint density at radius 3 is 2.74 bits per heavy atom. The van der Waals surface area contributed by atoms with E-state index in [1.54, 1.807) is 18.2 Å². The minimum absolute atomic E-state index is 0.0666. The fraction of sp³-hybridized carbons (Fsp3) is 0. The standard InChI is InChI=1S/C12H9F2N5/c13-7-5-8(14)12(17-11(7)18-15)19-6-16-9-3-1-2-4-10(9)19/h1-6H,15H2,(H,17,18). The molecule has 0 atom stereocenters. The van der Waals surface area contributed by atoms with Crippen molar-refractivity contribution in [1.82, 2.24) is 14.5 Å². The molecule has 0 bridgehead atoms.